The molecule has 1 aromatic heterocycles. The van der Waals surface area contributed by atoms with Crippen LogP contribution in [0.3, 0.4) is 0 Å². The van der Waals surface area contributed by atoms with E-state index in [-0.39, 0.29) is 5.92 Å². The first-order valence-corrected chi connectivity index (χ1v) is 10.3. The monoisotopic (exact) mass is 379 g/mol. The van der Waals surface area contributed by atoms with Gasteiger partial charge in [0.15, 0.2) is 0 Å². The molecule has 0 radical (unpaired) electrons. The van der Waals surface area contributed by atoms with Crippen LogP contribution in [0.15, 0.2) is 42.6 Å². The molecule has 1 amide bonds. The molecule has 148 valence electrons. The van der Waals surface area contributed by atoms with Gasteiger partial charge in [0, 0.05) is 57.7 Å². The van der Waals surface area contributed by atoms with Crippen LogP contribution in [0.25, 0.3) is 0 Å². The molecule has 0 aliphatic carbocycles. The van der Waals surface area contributed by atoms with Crippen LogP contribution in [0.2, 0.25) is 0 Å². The number of carbonyl (C=O) groups is 1. The van der Waals surface area contributed by atoms with Gasteiger partial charge in [-0.3, -0.25) is 9.69 Å². The minimum absolute atomic E-state index is 0.0542. The maximum atomic E-state index is 13.1. The second-order valence-corrected chi connectivity index (χ2v) is 7.87. The number of anilines is 1. The van der Waals surface area contributed by atoms with E-state index in [1.165, 1.54) is 5.56 Å². The summed E-state index contributed by atoms with van der Waals surface area (Å²) in [4.78, 5) is 28.7. The Kier molecular flexibility index (Phi) is 5.86. The summed E-state index contributed by atoms with van der Waals surface area (Å²) in [5, 5.41) is 0. The molecule has 0 N–H and O–H groups in total. The van der Waals surface area contributed by atoms with Crippen molar-refractivity contribution >= 4 is 11.9 Å². The van der Waals surface area contributed by atoms with Crippen molar-refractivity contribution in [2.24, 2.45) is 5.92 Å². The molecule has 2 saturated heterocycles. The van der Waals surface area contributed by atoms with E-state index in [9.17, 15) is 4.79 Å². The van der Waals surface area contributed by atoms with Crippen LogP contribution in [0.4, 0.5) is 5.95 Å². The van der Waals surface area contributed by atoms with Crippen LogP contribution in [-0.2, 0) is 11.3 Å². The summed E-state index contributed by atoms with van der Waals surface area (Å²) in [5.74, 6) is 1.11. The fourth-order valence-electron chi connectivity index (χ4n) is 4.17. The largest absolute Gasteiger partial charge is 0.340 e. The van der Waals surface area contributed by atoms with E-state index in [1.54, 1.807) is 6.20 Å². The molecule has 6 heteroatoms. The lowest BCUT2D eigenvalue weighted by molar-refractivity contribution is -0.137. The number of carbonyl (C=O) groups excluding carboxylic acids is 1. The SMILES string of the molecule is Cc1ccnc(N2CCC[C@@H](C(=O)N3CCN(Cc4ccccc4)CC3)C2)n1. The van der Waals surface area contributed by atoms with Crippen molar-refractivity contribution in [2.75, 3.05) is 44.2 Å². The number of aromatic nitrogens is 2. The number of aryl methyl sites for hydroxylation is 1. The quantitative estimate of drug-likeness (QED) is 0.816. The van der Waals surface area contributed by atoms with Crippen LogP contribution >= 0.6 is 0 Å². The normalized spacial score (nSPS) is 21.0. The van der Waals surface area contributed by atoms with Crippen molar-refractivity contribution in [1.29, 1.82) is 0 Å². The van der Waals surface area contributed by atoms with Gasteiger partial charge in [0.1, 0.15) is 0 Å². The Labute approximate surface area is 167 Å². The lowest BCUT2D eigenvalue weighted by Crippen LogP contribution is -2.52. The summed E-state index contributed by atoms with van der Waals surface area (Å²) in [7, 11) is 0. The average molecular weight is 380 g/mol. The first-order chi connectivity index (χ1) is 13.7. The van der Waals surface area contributed by atoms with E-state index in [1.807, 2.05) is 13.0 Å². The predicted molar refractivity (Wildman–Crippen MR) is 110 cm³/mol. The van der Waals surface area contributed by atoms with Crippen molar-refractivity contribution in [3.05, 3.63) is 53.9 Å². The summed E-state index contributed by atoms with van der Waals surface area (Å²) < 4.78 is 0. The van der Waals surface area contributed by atoms with Crippen LogP contribution in [-0.4, -0.2) is 64.9 Å². The van der Waals surface area contributed by atoms with Gasteiger partial charge in [-0.1, -0.05) is 30.3 Å². The zero-order chi connectivity index (χ0) is 19.3. The molecule has 0 spiro atoms. The summed E-state index contributed by atoms with van der Waals surface area (Å²) in [6.45, 7) is 8.13. The first-order valence-electron chi connectivity index (χ1n) is 10.3. The second kappa shape index (κ2) is 8.69. The zero-order valence-corrected chi connectivity index (χ0v) is 16.6. The molecule has 1 atom stereocenters. The van der Waals surface area contributed by atoms with Gasteiger partial charge in [0.25, 0.3) is 0 Å². The van der Waals surface area contributed by atoms with Gasteiger partial charge in [-0.15, -0.1) is 0 Å². The number of benzene rings is 1. The summed E-state index contributed by atoms with van der Waals surface area (Å²) in [6, 6.07) is 12.5. The molecule has 0 unspecified atom stereocenters. The fraction of sp³-hybridized carbons (Fsp3) is 0.500. The maximum absolute atomic E-state index is 13.1. The number of hydrogen-bond acceptors (Lipinski definition) is 5. The van der Waals surface area contributed by atoms with Gasteiger partial charge in [0.05, 0.1) is 5.92 Å². The Morgan fingerprint density at radius 2 is 1.86 bits per heavy atom. The van der Waals surface area contributed by atoms with Crippen LogP contribution < -0.4 is 4.90 Å². The highest BCUT2D eigenvalue weighted by Gasteiger charge is 2.31. The fourth-order valence-corrected chi connectivity index (χ4v) is 4.17. The molecular weight excluding hydrogens is 350 g/mol. The first kappa shape index (κ1) is 18.9. The maximum Gasteiger partial charge on any atom is 0.227 e. The molecule has 0 bridgehead atoms. The van der Waals surface area contributed by atoms with Crippen LogP contribution in [0, 0.1) is 12.8 Å². The number of piperazine rings is 1. The Bertz CT molecular complexity index is 789. The van der Waals surface area contributed by atoms with Gasteiger partial charge in [0.2, 0.25) is 11.9 Å². The Morgan fingerprint density at radius 1 is 1.07 bits per heavy atom. The van der Waals surface area contributed by atoms with Gasteiger partial charge < -0.3 is 9.80 Å². The van der Waals surface area contributed by atoms with Gasteiger partial charge >= 0.3 is 0 Å². The lowest BCUT2D eigenvalue weighted by Gasteiger charge is -2.39. The van der Waals surface area contributed by atoms with Gasteiger partial charge in [-0.25, -0.2) is 9.97 Å². The highest BCUT2D eigenvalue weighted by molar-refractivity contribution is 5.79. The number of piperidine rings is 1. The van der Waals surface area contributed by atoms with Crippen molar-refractivity contribution in [1.82, 2.24) is 19.8 Å². The molecule has 2 aliphatic rings. The summed E-state index contributed by atoms with van der Waals surface area (Å²) in [6.07, 6.45) is 3.78. The average Bonchev–Trinajstić information content (AvgIpc) is 2.75. The topological polar surface area (TPSA) is 52.6 Å². The molecule has 2 aromatic rings. The van der Waals surface area contributed by atoms with E-state index >= 15 is 0 Å². The highest BCUT2D eigenvalue weighted by atomic mass is 16.2. The van der Waals surface area contributed by atoms with Crippen molar-refractivity contribution < 1.29 is 4.79 Å². The molecule has 6 nitrogen and oxygen atoms in total. The number of rotatable bonds is 4. The van der Waals surface area contributed by atoms with E-state index in [2.05, 4.69) is 55.0 Å². The molecule has 2 aliphatic heterocycles. The van der Waals surface area contributed by atoms with Gasteiger partial charge in [-0.05, 0) is 31.4 Å². The predicted octanol–water partition coefficient (Wildman–Crippen LogP) is 2.35. The van der Waals surface area contributed by atoms with E-state index in [0.29, 0.717) is 5.91 Å². The van der Waals surface area contributed by atoms with E-state index < -0.39 is 0 Å². The summed E-state index contributed by atoms with van der Waals surface area (Å²) in [5.41, 5.74) is 2.30. The van der Waals surface area contributed by atoms with E-state index in [4.69, 9.17) is 0 Å². The number of nitrogens with zero attached hydrogens (tertiary/aromatic N) is 5. The molecule has 0 saturated carbocycles. The van der Waals surface area contributed by atoms with Crippen molar-refractivity contribution in [3.63, 3.8) is 0 Å². The van der Waals surface area contributed by atoms with Gasteiger partial charge in [-0.2, -0.15) is 0 Å². The molecular formula is C22H29N5O. The van der Waals surface area contributed by atoms with Crippen molar-refractivity contribution in [3.8, 4) is 0 Å². The molecule has 2 fully saturated rings. The molecule has 4 rings (SSSR count). The lowest BCUT2D eigenvalue weighted by atomic mass is 9.96. The Morgan fingerprint density at radius 3 is 2.61 bits per heavy atom. The second-order valence-electron chi connectivity index (χ2n) is 7.87. The molecule has 28 heavy (non-hydrogen) atoms. The number of hydrogen-bond donors (Lipinski definition) is 0. The Balaban J connectivity index is 1.31. The van der Waals surface area contributed by atoms with Crippen LogP contribution in [0.1, 0.15) is 24.1 Å². The highest BCUT2D eigenvalue weighted by Crippen LogP contribution is 2.23. The third-order valence-electron chi connectivity index (χ3n) is 5.77. The standard InChI is InChI=1S/C22H29N5O/c1-18-9-10-23-22(24-18)27-11-5-8-20(17-27)21(28)26-14-12-25(13-15-26)16-19-6-3-2-4-7-19/h2-4,6-7,9-10,20H,5,8,11-17H2,1H3/t20-/m1/s1. The minimum atomic E-state index is 0.0542. The molecule has 1 aromatic carbocycles. The van der Waals surface area contributed by atoms with Crippen LogP contribution in [0.5, 0.6) is 0 Å². The minimum Gasteiger partial charge on any atom is -0.340 e. The zero-order valence-electron chi connectivity index (χ0n) is 16.6. The van der Waals surface area contributed by atoms with Crippen molar-refractivity contribution in [2.45, 2.75) is 26.3 Å². The third-order valence-corrected chi connectivity index (χ3v) is 5.77. The smallest absolute Gasteiger partial charge is 0.227 e. The Hall–Kier alpha value is -2.47. The third kappa shape index (κ3) is 4.50. The summed E-state index contributed by atoms with van der Waals surface area (Å²) >= 11 is 0. The number of amides is 1. The van der Waals surface area contributed by atoms with E-state index in [0.717, 1.165) is 70.3 Å². The molecule has 3 heterocycles.